The third kappa shape index (κ3) is 10.2. The van der Waals surface area contributed by atoms with Gasteiger partial charge in [-0.2, -0.15) is 10.5 Å². The highest BCUT2D eigenvalue weighted by atomic mass is 35.5. The Bertz CT molecular complexity index is 1620. The van der Waals surface area contributed by atoms with Gasteiger partial charge in [0, 0.05) is 44.2 Å². The summed E-state index contributed by atoms with van der Waals surface area (Å²) in [6.45, 7) is 1.14. The molecule has 1 aliphatic rings. The van der Waals surface area contributed by atoms with E-state index in [9.17, 15) is 14.0 Å². The van der Waals surface area contributed by atoms with E-state index in [-0.39, 0.29) is 22.8 Å². The summed E-state index contributed by atoms with van der Waals surface area (Å²) in [5, 5.41) is 18.1. The zero-order valence-corrected chi connectivity index (χ0v) is 25.8. The minimum Gasteiger partial charge on any atom is -0.353 e. The van der Waals surface area contributed by atoms with E-state index in [1.165, 1.54) is 12.1 Å². The van der Waals surface area contributed by atoms with Crippen LogP contribution >= 0.6 is 23.2 Å². The van der Waals surface area contributed by atoms with Crippen LogP contribution in [-0.2, 0) is 28.7 Å². The van der Waals surface area contributed by atoms with E-state index in [1.807, 2.05) is 6.07 Å². The second kappa shape index (κ2) is 17.4. The van der Waals surface area contributed by atoms with Crippen LogP contribution < -0.4 is 0 Å². The number of benzene rings is 2. The maximum absolute atomic E-state index is 14.0. The Labute approximate surface area is 270 Å². The average Bonchev–Trinajstić information content (AvgIpc) is 3.06. The molecule has 2 aromatic carbocycles. The third-order valence-corrected chi connectivity index (χ3v) is 7.47. The molecule has 0 radical (unpaired) electrons. The van der Waals surface area contributed by atoms with Crippen molar-refractivity contribution in [3.63, 3.8) is 0 Å². The maximum atomic E-state index is 14.0. The highest BCUT2D eigenvalue weighted by Crippen LogP contribution is 2.22. The quantitative estimate of drug-likeness (QED) is 0.175. The molecule has 2 unspecified atom stereocenters. The predicted octanol–water partition coefficient (Wildman–Crippen LogP) is 7.33. The van der Waals surface area contributed by atoms with Crippen LogP contribution in [0.15, 0.2) is 61.2 Å². The van der Waals surface area contributed by atoms with Crippen molar-refractivity contribution in [2.24, 2.45) is 0 Å². The molecule has 0 bridgehead atoms. The first-order valence-electron chi connectivity index (χ1n) is 14.3. The number of halogens is 4. The van der Waals surface area contributed by atoms with Crippen LogP contribution in [0.1, 0.15) is 65.5 Å². The van der Waals surface area contributed by atoms with E-state index in [4.69, 9.17) is 37.9 Å². The number of nitrogens with zero attached hydrogens (tertiary/aromatic N) is 6. The summed E-state index contributed by atoms with van der Waals surface area (Å²) in [6.07, 6.45) is 10.7. The lowest BCUT2D eigenvalue weighted by Gasteiger charge is -2.22. The monoisotopic (exact) mass is 650 g/mol. The molecular weight excluding hydrogens is 621 g/mol. The molecule has 0 aliphatic carbocycles. The molecule has 12 heteroatoms. The molecule has 1 saturated heterocycles. The first-order valence-corrected chi connectivity index (χ1v) is 15.1. The van der Waals surface area contributed by atoms with Gasteiger partial charge in [-0.15, -0.1) is 0 Å². The molecule has 0 amide bonds. The van der Waals surface area contributed by atoms with Crippen molar-refractivity contribution in [1.82, 2.24) is 19.9 Å². The molecule has 3 heterocycles. The van der Waals surface area contributed by atoms with Crippen molar-refractivity contribution in [3.05, 3.63) is 117 Å². The van der Waals surface area contributed by atoms with E-state index < -0.39 is 17.6 Å². The van der Waals surface area contributed by atoms with Crippen molar-refractivity contribution in [3.8, 4) is 12.1 Å². The largest absolute Gasteiger partial charge is 0.353 e. The van der Waals surface area contributed by atoms with Gasteiger partial charge in [0.2, 0.25) is 0 Å². The summed E-state index contributed by atoms with van der Waals surface area (Å²) in [5.41, 5.74) is 2.51. The van der Waals surface area contributed by atoms with Crippen LogP contribution in [0.4, 0.5) is 8.78 Å². The van der Waals surface area contributed by atoms with Crippen molar-refractivity contribution in [2.45, 2.75) is 57.2 Å². The standard InChI is InChI=1S/C20H21ClFN3O2.C13H9ClFN3/c21-17-5-3-4-15(19(17)22)10-14-12-24-20(25-13-14)16(11-23)7-9-27-18-6-1-2-8-26-18;14-11-3-1-2-10(13(11)15)6-9-7-17-12(4-5-16)18-8-9/h3-5,12-13,16,18H,1-2,6-10H2;1-3,7-8H,4,6H2. The maximum Gasteiger partial charge on any atom is 0.157 e. The van der Waals surface area contributed by atoms with Crippen LogP contribution in [0.25, 0.3) is 0 Å². The average molecular weight is 652 g/mol. The molecule has 4 aromatic rings. The SMILES string of the molecule is N#CC(CCOC1CCCCO1)c1ncc(Cc2cccc(Cl)c2F)cn1.N#CCc1ncc(Cc2cccc(Cl)c2F)cn1. The summed E-state index contributed by atoms with van der Waals surface area (Å²) in [6, 6.07) is 14.0. The van der Waals surface area contributed by atoms with Gasteiger partial charge in [-0.05, 0) is 60.1 Å². The second-order valence-corrected chi connectivity index (χ2v) is 11.0. The molecule has 8 nitrogen and oxygen atoms in total. The molecule has 45 heavy (non-hydrogen) atoms. The first-order chi connectivity index (χ1) is 21.9. The lowest BCUT2D eigenvalue weighted by atomic mass is 10.1. The number of hydrogen-bond donors (Lipinski definition) is 0. The van der Waals surface area contributed by atoms with E-state index in [0.717, 1.165) is 37.0 Å². The van der Waals surface area contributed by atoms with E-state index in [1.54, 1.807) is 49.1 Å². The van der Waals surface area contributed by atoms with Crippen molar-refractivity contribution >= 4 is 23.2 Å². The Balaban J connectivity index is 0.000000222. The van der Waals surface area contributed by atoms with Gasteiger partial charge >= 0.3 is 0 Å². The normalized spacial score (nSPS) is 14.8. The Hall–Kier alpha value is -4.06. The fraction of sp³-hybridized carbons (Fsp3) is 0.333. The number of hydrogen-bond acceptors (Lipinski definition) is 8. The fourth-order valence-electron chi connectivity index (χ4n) is 4.49. The molecule has 5 rings (SSSR count). The Morgan fingerprint density at radius 3 is 1.96 bits per heavy atom. The van der Waals surface area contributed by atoms with Crippen LogP contribution in [-0.4, -0.2) is 39.4 Å². The van der Waals surface area contributed by atoms with Crippen LogP contribution in [0.2, 0.25) is 10.0 Å². The molecular formula is C33H30Cl2F2N6O2. The van der Waals surface area contributed by atoms with Gasteiger partial charge < -0.3 is 9.47 Å². The van der Waals surface area contributed by atoms with Gasteiger partial charge in [0.1, 0.15) is 29.2 Å². The van der Waals surface area contributed by atoms with Crippen molar-refractivity contribution in [2.75, 3.05) is 13.2 Å². The number of aromatic nitrogens is 4. The molecule has 232 valence electrons. The smallest absolute Gasteiger partial charge is 0.157 e. The van der Waals surface area contributed by atoms with Gasteiger partial charge in [-0.1, -0.05) is 47.5 Å². The lowest BCUT2D eigenvalue weighted by Crippen LogP contribution is -2.23. The van der Waals surface area contributed by atoms with Gasteiger partial charge in [-0.25, -0.2) is 28.7 Å². The topological polar surface area (TPSA) is 118 Å². The van der Waals surface area contributed by atoms with Crippen molar-refractivity contribution < 1.29 is 18.3 Å². The lowest BCUT2D eigenvalue weighted by molar-refractivity contribution is -0.162. The predicted molar refractivity (Wildman–Crippen MR) is 164 cm³/mol. The Kier molecular flexibility index (Phi) is 13.1. The Morgan fingerprint density at radius 2 is 1.44 bits per heavy atom. The molecule has 0 spiro atoms. The summed E-state index contributed by atoms with van der Waals surface area (Å²) in [5.74, 6) is -0.389. The first kappa shape index (κ1) is 33.8. The van der Waals surface area contributed by atoms with Gasteiger partial charge in [0.15, 0.2) is 6.29 Å². The summed E-state index contributed by atoms with van der Waals surface area (Å²) < 4.78 is 38.9. The number of ether oxygens (including phenoxy) is 2. The second-order valence-electron chi connectivity index (χ2n) is 10.2. The number of nitriles is 2. The highest BCUT2D eigenvalue weighted by Gasteiger charge is 2.18. The molecule has 0 N–H and O–H groups in total. The molecule has 2 aromatic heterocycles. The van der Waals surface area contributed by atoms with E-state index >= 15 is 0 Å². The summed E-state index contributed by atoms with van der Waals surface area (Å²) in [7, 11) is 0. The van der Waals surface area contributed by atoms with Crippen molar-refractivity contribution in [1.29, 1.82) is 10.5 Å². The minimum absolute atomic E-state index is 0.0940. The molecule has 2 atom stereocenters. The minimum atomic E-state index is -0.453. The molecule has 0 saturated carbocycles. The summed E-state index contributed by atoms with van der Waals surface area (Å²) in [4.78, 5) is 16.6. The fourth-order valence-corrected chi connectivity index (χ4v) is 4.88. The zero-order chi connectivity index (χ0) is 32.0. The third-order valence-electron chi connectivity index (χ3n) is 6.89. The molecule has 1 aliphatic heterocycles. The van der Waals surface area contributed by atoms with Crippen LogP contribution in [0, 0.1) is 34.3 Å². The number of rotatable bonds is 10. The Morgan fingerprint density at radius 1 is 0.867 bits per heavy atom. The van der Waals surface area contributed by atoms with Gasteiger partial charge in [-0.3, -0.25) is 0 Å². The van der Waals surface area contributed by atoms with Gasteiger partial charge in [0.05, 0.1) is 35.2 Å². The highest BCUT2D eigenvalue weighted by molar-refractivity contribution is 6.31. The van der Waals surface area contributed by atoms with E-state index in [2.05, 4.69) is 26.0 Å². The summed E-state index contributed by atoms with van der Waals surface area (Å²) >= 11 is 11.5. The van der Waals surface area contributed by atoms with Crippen LogP contribution in [0.3, 0.4) is 0 Å². The molecule has 1 fully saturated rings. The van der Waals surface area contributed by atoms with Gasteiger partial charge in [0.25, 0.3) is 0 Å². The zero-order valence-electron chi connectivity index (χ0n) is 24.3. The van der Waals surface area contributed by atoms with E-state index in [0.29, 0.717) is 48.6 Å². The van der Waals surface area contributed by atoms with Crippen LogP contribution in [0.5, 0.6) is 0 Å².